The molecule has 0 amide bonds. The zero-order valence-electron chi connectivity index (χ0n) is 17.7. The lowest BCUT2D eigenvalue weighted by molar-refractivity contribution is -0.00000669. The van der Waals surface area contributed by atoms with Crippen molar-refractivity contribution in [3.8, 4) is 22.7 Å². The highest BCUT2D eigenvalue weighted by Crippen LogP contribution is 2.25. The molecule has 0 N–H and O–H groups in total. The van der Waals surface area contributed by atoms with Gasteiger partial charge in [0.15, 0.2) is 0 Å². The van der Waals surface area contributed by atoms with Crippen molar-refractivity contribution in [1.29, 1.82) is 0 Å². The maximum absolute atomic E-state index is 5.99. The second kappa shape index (κ2) is 11.3. The van der Waals surface area contributed by atoms with Crippen LogP contribution in [0.15, 0.2) is 94.4 Å². The summed E-state index contributed by atoms with van der Waals surface area (Å²) in [5.41, 5.74) is 4.99. The SMILES string of the molecule is CCOc1ccc(-c2cs/c(=N/N=C(\C)c3ccc(Cl)cc3)n2-c2ccccc2)cc1.[Br-]. The first kappa shape index (κ1) is 24.0. The Hall–Kier alpha value is -2.67. The zero-order chi connectivity index (χ0) is 21.6. The lowest BCUT2D eigenvalue weighted by Crippen LogP contribution is -3.00. The van der Waals surface area contributed by atoms with E-state index < -0.39 is 0 Å². The molecule has 4 rings (SSSR count). The third-order valence-electron chi connectivity index (χ3n) is 4.73. The number of hydrogen-bond donors (Lipinski definition) is 0. The minimum atomic E-state index is 0. The van der Waals surface area contributed by atoms with Crippen LogP contribution in [0, 0.1) is 0 Å². The average Bonchev–Trinajstić information content (AvgIpc) is 3.23. The lowest BCUT2D eigenvalue weighted by atomic mass is 10.1. The average molecular weight is 528 g/mol. The summed E-state index contributed by atoms with van der Waals surface area (Å²) in [4.78, 5) is 0.795. The van der Waals surface area contributed by atoms with Crippen LogP contribution in [0.1, 0.15) is 19.4 Å². The molecular formula is C25H22BrClN3OS-. The monoisotopic (exact) mass is 526 g/mol. The molecule has 0 atom stereocenters. The molecule has 0 aliphatic rings. The molecule has 0 fully saturated rings. The van der Waals surface area contributed by atoms with Gasteiger partial charge in [0.25, 0.3) is 0 Å². The fourth-order valence-electron chi connectivity index (χ4n) is 3.16. The third-order valence-corrected chi connectivity index (χ3v) is 5.80. The molecule has 32 heavy (non-hydrogen) atoms. The van der Waals surface area contributed by atoms with Crippen LogP contribution in [0.25, 0.3) is 16.9 Å². The molecule has 3 aromatic carbocycles. The Morgan fingerprint density at radius 1 is 0.969 bits per heavy atom. The molecule has 0 aliphatic carbocycles. The molecular weight excluding hydrogens is 506 g/mol. The summed E-state index contributed by atoms with van der Waals surface area (Å²) in [5, 5.41) is 11.9. The smallest absolute Gasteiger partial charge is 0.215 e. The number of nitrogens with zero attached hydrogens (tertiary/aromatic N) is 3. The minimum Gasteiger partial charge on any atom is -1.00 e. The van der Waals surface area contributed by atoms with Crippen LogP contribution in [0.2, 0.25) is 5.02 Å². The van der Waals surface area contributed by atoms with Gasteiger partial charge < -0.3 is 21.7 Å². The van der Waals surface area contributed by atoms with Crippen molar-refractivity contribution in [3.05, 3.63) is 99.6 Å². The van der Waals surface area contributed by atoms with E-state index in [-0.39, 0.29) is 17.0 Å². The van der Waals surface area contributed by atoms with Crippen LogP contribution in [-0.2, 0) is 0 Å². The molecule has 4 nitrogen and oxygen atoms in total. The number of ether oxygens (including phenoxy) is 1. The first-order valence-electron chi connectivity index (χ1n) is 9.99. The maximum Gasteiger partial charge on any atom is 0.215 e. The van der Waals surface area contributed by atoms with E-state index in [9.17, 15) is 0 Å². The van der Waals surface area contributed by atoms with Crippen molar-refractivity contribution in [1.82, 2.24) is 4.57 Å². The van der Waals surface area contributed by atoms with E-state index in [4.69, 9.17) is 16.3 Å². The first-order chi connectivity index (χ1) is 15.2. The summed E-state index contributed by atoms with van der Waals surface area (Å²) in [6.07, 6.45) is 0. The molecule has 0 radical (unpaired) electrons. The van der Waals surface area contributed by atoms with Gasteiger partial charge in [-0.15, -0.1) is 16.4 Å². The topological polar surface area (TPSA) is 38.9 Å². The van der Waals surface area contributed by atoms with Crippen LogP contribution in [0.4, 0.5) is 0 Å². The summed E-state index contributed by atoms with van der Waals surface area (Å²) < 4.78 is 7.71. The second-order valence-electron chi connectivity index (χ2n) is 6.82. The summed E-state index contributed by atoms with van der Waals surface area (Å²) in [6.45, 7) is 4.58. The van der Waals surface area contributed by atoms with Gasteiger partial charge in [0.05, 0.1) is 18.0 Å². The van der Waals surface area contributed by atoms with E-state index in [0.29, 0.717) is 11.6 Å². The standard InChI is InChI=1S/C25H22ClN3OS.BrH/c1-3-30-23-15-11-20(12-16-23)24-17-31-25(29(24)22-7-5-4-6-8-22)28-27-18(2)19-9-13-21(26)14-10-19;/h4-17H,3H2,1-2H3;1H/p-1/b27-18+,28-25+;. The number of hydrogen-bond acceptors (Lipinski definition) is 4. The molecule has 0 bridgehead atoms. The lowest BCUT2D eigenvalue weighted by Gasteiger charge is -2.10. The van der Waals surface area contributed by atoms with E-state index in [1.807, 2.05) is 68.4 Å². The van der Waals surface area contributed by atoms with Crippen LogP contribution in [0.3, 0.4) is 0 Å². The highest BCUT2D eigenvalue weighted by Gasteiger charge is 2.10. The Morgan fingerprint density at radius 2 is 1.66 bits per heavy atom. The van der Waals surface area contributed by atoms with Crippen molar-refractivity contribution in [2.24, 2.45) is 10.2 Å². The van der Waals surface area contributed by atoms with Gasteiger partial charge in [-0.1, -0.05) is 41.9 Å². The molecule has 0 saturated heterocycles. The minimum absolute atomic E-state index is 0. The molecule has 1 aromatic heterocycles. The molecule has 0 unspecified atom stereocenters. The Bertz CT molecular complexity index is 1250. The van der Waals surface area contributed by atoms with Crippen LogP contribution < -0.4 is 26.5 Å². The van der Waals surface area contributed by atoms with Gasteiger partial charge in [-0.05, 0) is 73.5 Å². The predicted octanol–water partition coefficient (Wildman–Crippen LogP) is 3.59. The fraction of sp³-hybridized carbons (Fsp3) is 0.120. The second-order valence-corrected chi connectivity index (χ2v) is 8.10. The van der Waals surface area contributed by atoms with Crippen LogP contribution in [-0.4, -0.2) is 16.9 Å². The van der Waals surface area contributed by atoms with Gasteiger partial charge in [0.1, 0.15) is 5.75 Å². The summed E-state index contributed by atoms with van der Waals surface area (Å²) in [5.74, 6) is 0.862. The van der Waals surface area contributed by atoms with Gasteiger partial charge in [0, 0.05) is 16.1 Å². The van der Waals surface area contributed by atoms with Crippen molar-refractivity contribution in [2.75, 3.05) is 6.61 Å². The van der Waals surface area contributed by atoms with E-state index in [1.54, 1.807) is 11.3 Å². The zero-order valence-corrected chi connectivity index (χ0v) is 20.9. The number of para-hydroxylation sites is 1. The van der Waals surface area contributed by atoms with Crippen molar-refractivity contribution < 1.29 is 21.7 Å². The van der Waals surface area contributed by atoms with Gasteiger partial charge in [-0.2, -0.15) is 5.10 Å². The fourth-order valence-corrected chi connectivity index (χ4v) is 4.15. The number of benzene rings is 3. The molecule has 164 valence electrons. The van der Waals surface area contributed by atoms with E-state index in [1.165, 1.54) is 0 Å². The van der Waals surface area contributed by atoms with Gasteiger partial charge in [-0.3, -0.25) is 4.57 Å². The van der Waals surface area contributed by atoms with E-state index >= 15 is 0 Å². The molecule has 7 heteroatoms. The number of halogens is 2. The highest BCUT2D eigenvalue weighted by atomic mass is 79.9. The Morgan fingerprint density at radius 3 is 2.31 bits per heavy atom. The number of aromatic nitrogens is 1. The van der Waals surface area contributed by atoms with Gasteiger partial charge >= 0.3 is 0 Å². The van der Waals surface area contributed by atoms with Crippen LogP contribution >= 0.6 is 22.9 Å². The maximum atomic E-state index is 5.99. The Kier molecular flexibility index (Phi) is 8.45. The molecule has 4 aromatic rings. The van der Waals surface area contributed by atoms with Crippen molar-refractivity contribution >= 4 is 28.6 Å². The first-order valence-corrected chi connectivity index (χ1v) is 11.2. The van der Waals surface area contributed by atoms with Gasteiger partial charge in [0.2, 0.25) is 4.80 Å². The normalized spacial score (nSPS) is 11.8. The Balaban J connectivity index is 0.00000289. The summed E-state index contributed by atoms with van der Waals surface area (Å²) in [7, 11) is 0. The predicted molar refractivity (Wildman–Crippen MR) is 129 cm³/mol. The summed E-state index contributed by atoms with van der Waals surface area (Å²) >= 11 is 7.55. The molecule has 0 aliphatic heterocycles. The van der Waals surface area contributed by atoms with E-state index in [2.05, 4.69) is 44.4 Å². The van der Waals surface area contributed by atoms with Crippen molar-refractivity contribution in [3.63, 3.8) is 0 Å². The number of thiazole rings is 1. The quantitative estimate of drug-likeness (QED) is 0.279. The molecule has 0 saturated carbocycles. The number of rotatable bonds is 6. The van der Waals surface area contributed by atoms with Crippen LogP contribution in [0.5, 0.6) is 5.75 Å². The summed E-state index contributed by atoms with van der Waals surface area (Å²) in [6, 6.07) is 25.9. The third kappa shape index (κ3) is 5.57. The molecule has 1 heterocycles. The molecule has 0 spiro atoms. The van der Waals surface area contributed by atoms with E-state index in [0.717, 1.165) is 38.8 Å². The largest absolute Gasteiger partial charge is 1.00 e. The van der Waals surface area contributed by atoms with Crippen molar-refractivity contribution in [2.45, 2.75) is 13.8 Å². The van der Waals surface area contributed by atoms with Gasteiger partial charge in [-0.25, -0.2) is 0 Å². The Labute approximate surface area is 207 Å². The highest BCUT2D eigenvalue weighted by molar-refractivity contribution is 7.07.